The molecule has 1 aliphatic carbocycles. The van der Waals surface area contributed by atoms with Gasteiger partial charge < -0.3 is 9.13 Å². The Bertz CT molecular complexity index is 2880. The molecule has 52 heavy (non-hydrogen) atoms. The lowest BCUT2D eigenvalue weighted by Gasteiger charge is -2.21. The first-order chi connectivity index (χ1) is 25.6. The van der Waals surface area contributed by atoms with Gasteiger partial charge in [0.2, 0.25) is 0 Å². The first-order valence-corrected chi connectivity index (χ1v) is 18.3. The van der Waals surface area contributed by atoms with Crippen molar-refractivity contribution in [3.63, 3.8) is 0 Å². The molecule has 9 aromatic rings. The van der Waals surface area contributed by atoms with Crippen LogP contribution in [0.1, 0.15) is 29.2 Å². The van der Waals surface area contributed by atoms with E-state index in [2.05, 4.69) is 199 Å². The van der Waals surface area contributed by atoms with Crippen LogP contribution in [0.5, 0.6) is 0 Å². The van der Waals surface area contributed by atoms with E-state index in [0.29, 0.717) is 0 Å². The number of rotatable bonds is 5. The fraction of sp³-hybridized carbons (Fsp3) is 0.0800. The highest BCUT2D eigenvalue weighted by atomic mass is 15.0. The number of hydrogen-bond acceptors (Lipinski definition) is 0. The highest BCUT2D eigenvalue weighted by Gasteiger charge is 2.20. The average Bonchev–Trinajstić information content (AvgIpc) is 3.70. The van der Waals surface area contributed by atoms with E-state index in [-0.39, 0.29) is 6.04 Å². The number of hydrogen-bond donors (Lipinski definition) is 0. The Labute approximate surface area is 304 Å². The Kier molecular flexibility index (Phi) is 7.11. The SMILES string of the molecule is Cc1ccc2c(c1)c1cc(-c3ccc4c(c3)c3cc(C)ccc3n4C3C=C(c4ccccc4)C=CC3)ccc1n2-c1cccc(-c2ccccc2)c1. The van der Waals surface area contributed by atoms with E-state index >= 15 is 0 Å². The van der Waals surface area contributed by atoms with Gasteiger partial charge in [-0.1, -0.05) is 126 Å². The van der Waals surface area contributed by atoms with Crippen LogP contribution < -0.4 is 0 Å². The summed E-state index contributed by atoms with van der Waals surface area (Å²) in [5, 5.41) is 5.16. The third kappa shape index (κ3) is 5.02. The zero-order valence-electron chi connectivity index (χ0n) is 29.4. The molecule has 0 aliphatic heterocycles. The molecule has 0 fully saturated rings. The van der Waals surface area contributed by atoms with Crippen LogP contribution in [-0.2, 0) is 0 Å². The molecule has 7 aromatic carbocycles. The lowest BCUT2D eigenvalue weighted by Crippen LogP contribution is -2.08. The maximum atomic E-state index is 2.56. The summed E-state index contributed by atoms with van der Waals surface area (Å²) in [4.78, 5) is 0. The monoisotopic (exact) mass is 666 g/mol. The van der Waals surface area contributed by atoms with Crippen molar-refractivity contribution in [3.8, 4) is 27.9 Å². The minimum Gasteiger partial charge on any atom is -0.333 e. The molecular formula is C50H38N2. The second-order valence-electron chi connectivity index (χ2n) is 14.3. The second kappa shape index (κ2) is 12.1. The van der Waals surface area contributed by atoms with E-state index in [1.807, 2.05) is 0 Å². The molecule has 2 heterocycles. The van der Waals surface area contributed by atoms with Crippen LogP contribution in [0, 0.1) is 13.8 Å². The summed E-state index contributed by atoms with van der Waals surface area (Å²) in [6, 6.07) is 58.4. The Morgan fingerprint density at radius 3 is 1.65 bits per heavy atom. The maximum absolute atomic E-state index is 2.56. The van der Waals surface area contributed by atoms with Crippen LogP contribution in [0.4, 0.5) is 0 Å². The second-order valence-corrected chi connectivity index (χ2v) is 14.3. The summed E-state index contributed by atoms with van der Waals surface area (Å²) in [6.07, 6.45) is 8.03. The lowest BCUT2D eigenvalue weighted by atomic mass is 9.96. The standard InChI is InChI=1S/C50H38N2/c1-33-19-23-47-43(27-33)45-31-39(21-25-49(45)51(47)41-17-9-15-37(29-41)35-11-5-3-6-12-35)40-22-26-50-46(32-40)44-28-34(2)20-24-48(44)52(50)42-18-10-16-38(30-42)36-13-7-4-8-14-36/h3-17,19-32,42H,18H2,1-2H3. The zero-order chi connectivity index (χ0) is 34.8. The van der Waals surface area contributed by atoms with Crippen LogP contribution in [0.3, 0.4) is 0 Å². The molecule has 0 radical (unpaired) electrons. The van der Waals surface area contributed by atoms with Gasteiger partial charge in [-0.25, -0.2) is 0 Å². The van der Waals surface area contributed by atoms with Crippen molar-refractivity contribution in [1.29, 1.82) is 0 Å². The summed E-state index contributed by atoms with van der Waals surface area (Å²) in [6.45, 7) is 4.39. The van der Waals surface area contributed by atoms with Crippen molar-refractivity contribution in [2.24, 2.45) is 0 Å². The molecule has 0 bridgehead atoms. The van der Waals surface area contributed by atoms with Gasteiger partial charge in [-0.05, 0) is 114 Å². The maximum Gasteiger partial charge on any atom is 0.0566 e. The van der Waals surface area contributed by atoms with Crippen LogP contribution in [0.25, 0.3) is 77.1 Å². The van der Waals surface area contributed by atoms with E-state index in [0.717, 1.165) is 6.42 Å². The van der Waals surface area contributed by atoms with Gasteiger partial charge in [0.05, 0.1) is 17.1 Å². The zero-order valence-corrected chi connectivity index (χ0v) is 29.4. The van der Waals surface area contributed by atoms with Gasteiger partial charge in [-0.2, -0.15) is 0 Å². The minimum absolute atomic E-state index is 0.236. The number of benzene rings is 7. The summed E-state index contributed by atoms with van der Waals surface area (Å²) in [7, 11) is 0. The summed E-state index contributed by atoms with van der Waals surface area (Å²) in [5.41, 5.74) is 16.2. The van der Waals surface area contributed by atoms with Crippen molar-refractivity contribution in [3.05, 3.63) is 193 Å². The molecule has 0 amide bonds. The molecule has 2 heteroatoms. The van der Waals surface area contributed by atoms with E-state index in [4.69, 9.17) is 0 Å². The molecule has 0 saturated carbocycles. The van der Waals surface area contributed by atoms with Crippen molar-refractivity contribution >= 4 is 49.2 Å². The molecule has 10 rings (SSSR count). The topological polar surface area (TPSA) is 9.86 Å². The lowest BCUT2D eigenvalue weighted by molar-refractivity contribution is 0.650. The van der Waals surface area contributed by atoms with Crippen LogP contribution >= 0.6 is 0 Å². The molecule has 1 aliphatic rings. The molecule has 2 aromatic heterocycles. The van der Waals surface area contributed by atoms with Gasteiger partial charge in [-0.15, -0.1) is 0 Å². The molecule has 1 atom stereocenters. The summed E-state index contributed by atoms with van der Waals surface area (Å²) < 4.78 is 4.99. The highest BCUT2D eigenvalue weighted by Crippen LogP contribution is 2.41. The van der Waals surface area contributed by atoms with Gasteiger partial charge in [0, 0.05) is 38.3 Å². The number of aryl methyl sites for hydroxylation is 2. The summed E-state index contributed by atoms with van der Waals surface area (Å²) >= 11 is 0. The third-order valence-corrected chi connectivity index (χ3v) is 10.9. The Morgan fingerprint density at radius 1 is 0.442 bits per heavy atom. The van der Waals surface area contributed by atoms with Crippen molar-refractivity contribution in [2.45, 2.75) is 26.3 Å². The molecule has 0 spiro atoms. The third-order valence-electron chi connectivity index (χ3n) is 10.9. The van der Waals surface area contributed by atoms with Crippen molar-refractivity contribution in [1.82, 2.24) is 9.13 Å². The predicted octanol–water partition coefficient (Wildman–Crippen LogP) is 13.4. The summed E-state index contributed by atoms with van der Waals surface area (Å²) in [5.74, 6) is 0. The quantitative estimate of drug-likeness (QED) is 0.173. The van der Waals surface area contributed by atoms with Gasteiger partial charge in [0.25, 0.3) is 0 Å². The van der Waals surface area contributed by atoms with E-state index in [9.17, 15) is 0 Å². The van der Waals surface area contributed by atoms with E-state index < -0.39 is 0 Å². The Balaban J connectivity index is 1.12. The van der Waals surface area contributed by atoms with Crippen molar-refractivity contribution < 1.29 is 0 Å². The average molecular weight is 667 g/mol. The van der Waals surface area contributed by atoms with Gasteiger partial charge in [-0.3, -0.25) is 0 Å². The molecule has 248 valence electrons. The Morgan fingerprint density at radius 2 is 0.962 bits per heavy atom. The number of nitrogens with zero attached hydrogens (tertiary/aromatic N) is 2. The smallest absolute Gasteiger partial charge is 0.0566 e. The molecule has 1 unspecified atom stereocenters. The largest absolute Gasteiger partial charge is 0.333 e. The first-order valence-electron chi connectivity index (χ1n) is 18.3. The van der Waals surface area contributed by atoms with Crippen LogP contribution in [0.2, 0.25) is 0 Å². The molecular weight excluding hydrogens is 629 g/mol. The van der Waals surface area contributed by atoms with E-state index in [1.165, 1.54) is 93.8 Å². The predicted molar refractivity (Wildman–Crippen MR) is 221 cm³/mol. The highest BCUT2D eigenvalue weighted by molar-refractivity contribution is 6.12. The minimum atomic E-state index is 0.236. The number of aromatic nitrogens is 2. The Hall–Kier alpha value is -6.38. The van der Waals surface area contributed by atoms with Gasteiger partial charge >= 0.3 is 0 Å². The first kappa shape index (κ1) is 30.4. The van der Waals surface area contributed by atoms with Crippen LogP contribution in [0.15, 0.2) is 176 Å². The van der Waals surface area contributed by atoms with Crippen molar-refractivity contribution in [2.75, 3.05) is 0 Å². The molecule has 2 nitrogen and oxygen atoms in total. The molecule has 0 saturated heterocycles. The van der Waals surface area contributed by atoms with Gasteiger partial charge in [0.15, 0.2) is 0 Å². The van der Waals surface area contributed by atoms with Gasteiger partial charge in [0.1, 0.15) is 0 Å². The van der Waals surface area contributed by atoms with E-state index in [1.54, 1.807) is 0 Å². The normalized spacial score (nSPS) is 14.5. The fourth-order valence-electron chi connectivity index (χ4n) is 8.42. The number of fused-ring (bicyclic) bond motifs is 6. The van der Waals surface area contributed by atoms with Crippen LogP contribution in [-0.4, -0.2) is 9.13 Å². The fourth-order valence-corrected chi connectivity index (χ4v) is 8.42. The number of allylic oxidation sites excluding steroid dienone is 4. The molecule has 0 N–H and O–H groups in total.